The van der Waals surface area contributed by atoms with Crippen molar-refractivity contribution in [3.8, 4) is 5.75 Å². The number of carbonyl (C=O) groups excluding carboxylic acids is 2. The van der Waals surface area contributed by atoms with Crippen LogP contribution in [0.2, 0.25) is 0 Å². The molecule has 0 fully saturated rings. The zero-order valence-electron chi connectivity index (χ0n) is 13.5. The molecular weight excluding hydrogens is 347 g/mol. The van der Waals surface area contributed by atoms with Crippen molar-refractivity contribution in [3.05, 3.63) is 24.0 Å². The molecule has 0 aliphatic heterocycles. The van der Waals surface area contributed by atoms with Crippen molar-refractivity contribution in [3.63, 3.8) is 0 Å². The Balaban J connectivity index is 2.53. The monoisotopic (exact) mass is 365 g/mol. The van der Waals surface area contributed by atoms with E-state index in [1.807, 2.05) is 5.43 Å². The molecule has 0 bridgehead atoms. The molecule has 1 atom stereocenters. The van der Waals surface area contributed by atoms with Crippen LogP contribution in [0.4, 0.5) is 23.7 Å². The number of amides is 3. The third-order valence-corrected chi connectivity index (χ3v) is 2.73. The molecule has 140 valence electrons. The molecule has 0 aliphatic rings. The summed E-state index contributed by atoms with van der Waals surface area (Å²) in [5, 5.41) is 2.14. The molecule has 1 aromatic rings. The highest BCUT2D eigenvalue weighted by molar-refractivity contribution is 5.92. The topological polar surface area (TPSA) is 97.9 Å². The fourth-order valence-electron chi connectivity index (χ4n) is 1.55. The van der Waals surface area contributed by atoms with Crippen molar-refractivity contribution in [1.82, 2.24) is 10.9 Å². The molecular formula is C14H18F3N3O5. The van der Waals surface area contributed by atoms with E-state index in [-0.39, 0.29) is 12.3 Å². The number of anilines is 1. The van der Waals surface area contributed by atoms with Crippen LogP contribution in [0.25, 0.3) is 0 Å². The summed E-state index contributed by atoms with van der Waals surface area (Å²) in [6, 6.07) is 1.71. The Morgan fingerprint density at radius 1 is 1.20 bits per heavy atom. The molecule has 3 N–H and O–H groups in total. The van der Waals surface area contributed by atoms with Crippen LogP contribution < -0.4 is 20.9 Å². The van der Waals surface area contributed by atoms with Crippen LogP contribution in [0, 0.1) is 5.82 Å². The van der Waals surface area contributed by atoms with E-state index < -0.39 is 36.2 Å². The summed E-state index contributed by atoms with van der Waals surface area (Å²) in [5.74, 6) is -2.03. The second-order valence-electron chi connectivity index (χ2n) is 4.59. The first-order valence-corrected chi connectivity index (χ1v) is 7.05. The molecule has 0 heterocycles. The molecule has 8 nitrogen and oxygen atoms in total. The molecule has 3 amide bonds. The maximum Gasteiger partial charge on any atom is 0.387 e. The number of nitrogens with one attached hydrogen (secondary N) is 3. The van der Waals surface area contributed by atoms with Gasteiger partial charge in [0.2, 0.25) is 0 Å². The van der Waals surface area contributed by atoms with Gasteiger partial charge in [-0.1, -0.05) is 0 Å². The van der Waals surface area contributed by atoms with Gasteiger partial charge in [0, 0.05) is 13.2 Å². The number of hydrogen-bond donors (Lipinski definition) is 3. The van der Waals surface area contributed by atoms with E-state index in [1.165, 1.54) is 14.0 Å². The quantitative estimate of drug-likeness (QED) is 0.481. The van der Waals surface area contributed by atoms with Crippen LogP contribution in [0.3, 0.4) is 0 Å². The molecule has 0 saturated carbocycles. The lowest BCUT2D eigenvalue weighted by Crippen LogP contribution is -2.48. The minimum atomic E-state index is -3.20. The lowest BCUT2D eigenvalue weighted by Gasteiger charge is -2.15. The largest absolute Gasteiger partial charge is 0.432 e. The molecule has 0 saturated heterocycles. The van der Waals surface area contributed by atoms with Crippen LogP contribution >= 0.6 is 0 Å². The van der Waals surface area contributed by atoms with Gasteiger partial charge in [-0.25, -0.2) is 14.6 Å². The Morgan fingerprint density at radius 2 is 1.92 bits per heavy atom. The summed E-state index contributed by atoms with van der Waals surface area (Å²) in [7, 11) is 1.47. The minimum absolute atomic E-state index is 0.182. The summed E-state index contributed by atoms with van der Waals surface area (Å²) in [6.45, 7) is -1.27. The zero-order chi connectivity index (χ0) is 18.8. The standard InChI is InChI=1S/C14H18F3N3O5/c1-8(24-6-5-23-2)12(21)19-20-14(22)18-10-4-3-9(15)7-11(10)25-13(16)17/h3-4,7-8,13H,5-6H2,1-2H3,(H,19,21)(H2,18,20,22). The third kappa shape index (κ3) is 7.72. The van der Waals surface area contributed by atoms with Gasteiger partial charge >= 0.3 is 12.6 Å². The summed E-state index contributed by atoms with van der Waals surface area (Å²) in [5.41, 5.74) is 3.86. The van der Waals surface area contributed by atoms with Gasteiger partial charge in [0.25, 0.3) is 5.91 Å². The maximum atomic E-state index is 13.1. The third-order valence-electron chi connectivity index (χ3n) is 2.73. The Hall–Kier alpha value is -2.53. The average molecular weight is 365 g/mol. The molecule has 1 rings (SSSR count). The smallest absolute Gasteiger partial charge is 0.387 e. The van der Waals surface area contributed by atoms with Crippen molar-refractivity contribution in [1.29, 1.82) is 0 Å². The van der Waals surface area contributed by atoms with Crippen molar-refractivity contribution >= 4 is 17.6 Å². The second kappa shape index (κ2) is 10.4. The lowest BCUT2D eigenvalue weighted by molar-refractivity contribution is -0.133. The van der Waals surface area contributed by atoms with Gasteiger partial charge in [0.15, 0.2) is 5.75 Å². The molecule has 25 heavy (non-hydrogen) atoms. The van der Waals surface area contributed by atoms with Crippen LogP contribution in [0.1, 0.15) is 6.92 Å². The number of alkyl halides is 2. The number of hydrogen-bond acceptors (Lipinski definition) is 5. The summed E-state index contributed by atoms with van der Waals surface area (Å²) >= 11 is 0. The predicted octanol–water partition coefficient (Wildman–Crippen LogP) is 1.63. The normalized spacial score (nSPS) is 11.8. The van der Waals surface area contributed by atoms with Crippen LogP contribution in [0.5, 0.6) is 5.75 Å². The molecule has 1 unspecified atom stereocenters. The molecule has 0 aromatic heterocycles. The molecule has 11 heteroatoms. The summed E-state index contributed by atoms with van der Waals surface area (Å²) < 4.78 is 51.6. The predicted molar refractivity (Wildman–Crippen MR) is 80.6 cm³/mol. The van der Waals surface area contributed by atoms with Gasteiger partial charge in [-0.15, -0.1) is 0 Å². The number of ether oxygens (including phenoxy) is 3. The minimum Gasteiger partial charge on any atom is -0.432 e. The van der Waals surface area contributed by atoms with Crippen molar-refractivity contribution in [2.75, 3.05) is 25.6 Å². The fourth-order valence-corrected chi connectivity index (χ4v) is 1.55. The van der Waals surface area contributed by atoms with Gasteiger partial charge < -0.3 is 19.5 Å². The first kappa shape index (κ1) is 20.5. The van der Waals surface area contributed by atoms with Crippen LogP contribution in [-0.4, -0.2) is 45.0 Å². The first-order chi connectivity index (χ1) is 11.8. The van der Waals surface area contributed by atoms with Crippen molar-refractivity contribution in [2.24, 2.45) is 0 Å². The van der Waals surface area contributed by atoms with Gasteiger partial charge in [-0.05, 0) is 19.1 Å². The SMILES string of the molecule is COCCOC(C)C(=O)NNC(=O)Nc1ccc(F)cc1OC(F)F. The first-order valence-electron chi connectivity index (χ1n) is 7.05. The number of rotatable bonds is 8. The Morgan fingerprint density at radius 3 is 2.56 bits per heavy atom. The molecule has 0 radical (unpaired) electrons. The van der Waals surface area contributed by atoms with E-state index in [1.54, 1.807) is 0 Å². The van der Waals surface area contributed by atoms with Crippen molar-refractivity contribution < 1.29 is 37.0 Å². The number of urea groups is 1. The van der Waals surface area contributed by atoms with E-state index in [2.05, 4.69) is 15.5 Å². The van der Waals surface area contributed by atoms with E-state index >= 15 is 0 Å². The van der Waals surface area contributed by atoms with E-state index in [9.17, 15) is 22.8 Å². The summed E-state index contributed by atoms with van der Waals surface area (Å²) in [4.78, 5) is 23.3. The number of benzene rings is 1. The van der Waals surface area contributed by atoms with Gasteiger partial charge in [-0.3, -0.25) is 10.2 Å². The molecule has 0 aliphatic carbocycles. The van der Waals surface area contributed by atoms with Crippen LogP contribution in [-0.2, 0) is 14.3 Å². The Labute approximate surface area is 141 Å². The number of carbonyl (C=O) groups is 2. The van der Waals surface area contributed by atoms with Gasteiger partial charge in [0.05, 0.1) is 18.9 Å². The highest BCUT2D eigenvalue weighted by Gasteiger charge is 2.16. The van der Waals surface area contributed by atoms with E-state index in [0.29, 0.717) is 12.7 Å². The Kier molecular flexibility index (Phi) is 8.50. The van der Waals surface area contributed by atoms with Crippen LogP contribution in [0.15, 0.2) is 18.2 Å². The lowest BCUT2D eigenvalue weighted by atomic mass is 10.3. The fraction of sp³-hybridized carbons (Fsp3) is 0.429. The van der Waals surface area contributed by atoms with Crippen molar-refractivity contribution in [2.45, 2.75) is 19.6 Å². The van der Waals surface area contributed by atoms with Gasteiger partial charge in [-0.2, -0.15) is 8.78 Å². The summed E-state index contributed by atoms with van der Waals surface area (Å²) in [6.07, 6.45) is -0.862. The number of methoxy groups -OCH3 is 1. The molecule has 1 aromatic carbocycles. The average Bonchev–Trinajstić information content (AvgIpc) is 2.54. The van der Waals surface area contributed by atoms with E-state index in [4.69, 9.17) is 9.47 Å². The number of halogens is 3. The molecule has 0 spiro atoms. The van der Waals surface area contributed by atoms with E-state index in [0.717, 1.165) is 12.1 Å². The highest BCUT2D eigenvalue weighted by atomic mass is 19.3. The Bertz CT molecular complexity index is 589. The highest BCUT2D eigenvalue weighted by Crippen LogP contribution is 2.26. The van der Waals surface area contributed by atoms with Gasteiger partial charge in [0.1, 0.15) is 11.9 Å². The number of hydrazine groups is 1. The zero-order valence-corrected chi connectivity index (χ0v) is 13.5. The second-order valence-corrected chi connectivity index (χ2v) is 4.59. The maximum absolute atomic E-state index is 13.1.